The van der Waals surface area contributed by atoms with Gasteiger partial charge in [-0.1, -0.05) is 42.8 Å². The maximum atomic E-state index is 13.7. The highest BCUT2D eigenvalue weighted by Gasteiger charge is 2.28. The first kappa shape index (κ1) is 26.9. The van der Waals surface area contributed by atoms with Crippen molar-refractivity contribution >= 4 is 71.1 Å². The number of fused-ring (bicyclic) bond motifs is 2. The van der Waals surface area contributed by atoms with Gasteiger partial charge in [-0.05, 0) is 67.1 Å². The van der Waals surface area contributed by atoms with Crippen LogP contribution in [0.4, 0.5) is 10.7 Å². The first-order valence-electron chi connectivity index (χ1n) is 12.7. The molecule has 0 saturated heterocycles. The van der Waals surface area contributed by atoms with E-state index < -0.39 is 15.9 Å². The molecule has 0 bridgehead atoms. The highest BCUT2D eigenvalue weighted by molar-refractivity contribution is 7.92. The van der Waals surface area contributed by atoms with Crippen LogP contribution in [0.5, 0.6) is 0 Å². The molecule has 0 unspecified atom stereocenters. The molecule has 0 atom stereocenters. The van der Waals surface area contributed by atoms with E-state index in [2.05, 4.69) is 27.9 Å². The lowest BCUT2D eigenvalue weighted by atomic mass is 10.0. The van der Waals surface area contributed by atoms with Crippen molar-refractivity contribution in [3.8, 4) is 10.6 Å². The van der Waals surface area contributed by atoms with Crippen LogP contribution in [0.25, 0.3) is 20.8 Å². The second kappa shape index (κ2) is 10.9. The predicted molar refractivity (Wildman–Crippen MR) is 164 cm³/mol. The molecule has 3 heterocycles. The van der Waals surface area contributed by atoms with Crippen LogP contribution in [-0.2, 0) is 23.0 Å². The fraction of sp³-hybridized carbons (Fsp3) is 0.172. The number of para-hydroxylation sites is 2. The van der Waals surface area contributed by atoms with E-state index >= 15 is 0 Å². The predicted octanol–water partition coefficient (Wildman–Crippen LogP) is 7.11. The molecule has 204 valence electrons. The van der Waals surface area contributed by atoms with E-state index in [1.807, 2.05) is 18.2 Å². The Balaban J connectivity index is 1.36. The minimum absolute atomic E-state index is 0.0524. The zero-order valence-corrected chi connectivity index (χ0v) is 24.7. The molecule has 40 heavy (non-hydrogen) atoms. The average Bonchev–Trinajstić information content (AvgIpc) is 3.53. The van der Waals surface area contributed by atoms with E-state index in [-0.39, 0.29) is 16.1 Å². The number of benzene rings is 3. The van der Waals surface area contributed by atoms with Crippen LogP contribution < -0.4 is 10.0 Å². The molecule has 0 aliphatic carbocycles. The summed E-state index contributed by atoms with van der Waals surface area (Å²) in [6, 6.07) is 20.5. The Labute approximate surface area is 245 Å². The third-order valence-electron chi connectivity index (χ3n) is 6.86. The molecule has 1 aliphatic rings. The van der Waals surface area contributed by atoms with Gasteiger partial charge in [0, 0.05) is 28.6 Å². The third-order valence-corrected chi connectivity index (χ3v) is 10.7. The lowest BCUT2D eigenvalue weighted by Crippen LogP contribution is -2.29. The molecular formula is C29H25ClN4O3S3. The van der Waals surface area contributed by atoms with Crippen molar-refractivity contribution in [2.24, 2.45) is 0 Å². The lowest BCUT2D eigenvalue weighted by Gasteiger charge is -2.25. The quantitative estimate of drug-likeness (QED) is 0.205. The van der Waals surface area contributed by atoms with Crippen molar-refractivity contribution in [1.29, 1.82) is 0 Å². The van der Waals surface area contributed by atoms with Gasteiger partial charge < -0.3 is 5.32 Å². The van der Waals surface area contributed by atoms with Crippen molar-refractivity contribution < 1.29 is 13.2 Å². The molecule has 0 spiro atoms. The van der Waals surface area contributed by atoms with Crippen molar-refractivity contribution in [3.05, 3.63) is 93.8 Å². The van der Waals surface area contributed by atoms with Gasteiger partial charge >= 0.3 is 0 Å². The van der Waals surface area contributed by atoms with E-state index in [1.165, 1.54) is 34.7 Å². The number of thiophene rings is 1. The van der Waals surface area contributed by atoms with Crippen LogP contribution >= 0.6 is 34.3 Å². The average molecular weight is 609 g/mol. The molecule has 0 radical (unpaired) electrons. The van der Waals surface area contributed by atoms with Crippen molar-refractivity contribution in [2.45, 2.75) is 24.8 Å². The smallest absolute Gasteiger partial charge is 0.261 e. The number of nitrogens with one attached hydrogen (secondary N) is 2. The summed E-state index contributed by atoms with van der Waals surface area (Å²) in [5.41, 5.74) is 3.52. The van der Waals surface area contributed by atoms with Crippen LogP contribution in [-0.4, -0.2) is 37.3 Å². The zero-order valence-electron chi connectivity index (χ0n) is 21.5. The standard InChI is InChI=1S/C29H25ClN4O3S3/c1-2-34-16-15-21-25(17-34)39-29(26(21)28-31-23-9-5-6-10-24(23)38-28)32-27(35)20-7-3-4-8-22(20)33-40(36,37)19-13-11-18(30)12-14-19/h3-14,33H,2,15-17H2,1H3,(H,32,35). The van der Waals surface area contributed by atoms with Gasteiger partial charge in [-0.25, -0.2) is 13.4 Å². The molecular weight excluding hydrogens is 584 g/mol. The van der Waals surface area contributed by atoms with Crippen molar-refractivity contribution in [3.63, 3.8) is 0 Å². The van der Waals surface area contributed by atoms with Gasteiger partial charge in [-0.3, -0.25) is 14.4 Å². The first-order valence-corrected chi connectivity index (χ1v) is 16.2. The van der Waals surface area contributed by atoms with Gasteiger partial charge in [0.15, 0.2) is 0 Å². The van der Waals surface area contributed by atoms with Gasteiger partial charge in [-0.2, -0.15) is 0 Å². The largest absolute Gasteiger partial charge is 0.313 e. The Bertz CT molecular complexity index is 1800. The number of rotatable bonds is 7. The normalized spacial score (nSPS) is 13.8. The Kier molecular flexibility index (Phi) is 7.37. The maximum absolute atomic E-state index is 13.7. The second-order valence-electron chi connectivity index (χ2n) is 9.37. The summed E-state index contributed by atoms with van der Waals surface area (Å²) < 4.78 is 29.8. The number of carbonyl (C=O) groups excluding carboxylic acids is 1. The Morgan fingerprint density at radius 3 is 2.55 bits per heavy atom. The molecule has 6 rings (SSSR count). The molecule has 7 nitrogen and oxygen atoms in total. The number of likely N-dealkylation sites (N-methyl/N-ethyl adjacent to an activating group) is 1. The topological polar surface area (TPSA) is 91.4 Å². The zero-order chi connectivity index (χ0) is 27.9. The Morgan fingerprint density at radius 1 is 1.02 bits per heavy atom. The number of hydrogen-bond acceptors (Lipinski definition) is 7. The van der Waals surface area contributed by atoms with Crippen molar-refractivity contribution in [2.75, 3.05) is 23.1 Å². The number of nitrogens with zero attached hydrogens (tertiary/aromatic N) is 2. The lowest BCUT2D eigenvalue weighted by molar-refractivity contribution is 0.102. The van der Waals surface area contributed by atoms with E-state index in [9.17, 15) is 13.2 Å². The fourth-order valence-electron chi connectivity index (χ4n) is 4.78. The number of hydrogen-bond donors (Lipinski definition) is 2. The summed E-state index contributed by atoms with van der Waals surface area (Å²) in [5, 5.41) is 5.14. The van der Waals surface area contributed by atoms with Crippen LogP contribution in [0.2, 0.25) is 5.02 Å². The number of aromatic nitrogens is 1. The van der Waals surface area contributed by atoms with Crippen LogP contribution in [0.3, 0.4) is 0 Å². The minimum atomic E-state index is -3.94. The van der Waals surface area contributed by atoms with Gasteiger partial charge in [0.25, 0.3) is 15.9 Å². The molecule has 0 saturated carbocycles. The van der Waals surface area contributed by atoms with E-state index in [1.54, 1.807) is 46.9 Å². The van der Waals surface area contributed by atoms with E-state index in [0.29, 0.717) is 5.02 Å². The summed E-state index contributed by atoms with van der Waals surface area (Å²) in [4.78, 5) is 22.3. The molecule has 5 aromatic rings. The number of thiazole rings is 1. The number of anilines is 2. The van der Waals surface area contributed by atoms with Gasteiger partial charge in [0.05, 0.1) is 26.4 Å². The van der Waals surface area contributed by atoms with E-state index in [4.69, 9.17) is 16.6 Å². The third kappa shape index (κ3) is 5.25. The summed E-state index contributed by atoms with van der Waals surface area (Å²) >= 11 is 9.10. The number of halogens is 1. The second-order valence-corrected chi connectivity index (χ2v) is 13.6. The monoisotopic (exact) mass is 608 g/mol. The molecule has 11 heteroatoms. The molecule has 3 aromatic carbocycles. The Morgan fingerprint density at radius 2 is 1.77 bits per heavy atom. The van der Waals surface area contributed by atoms with Gasteiger partial charge in [0.2, 0.25) is 0 Å². The number of carbonyl (C=O) groups is 1. The summed E-state index contributed by atoms with van der Waals surface area (Å²) in [5.74, 6) is -0.400. The molecule has 1 aliphatic heterocycles. The summed E-state index contributed by atoms with van der Waals surface area (Å²) in [7, 11) is -3.94. The molecule has 0 fully saturated rings. The van der Waals surface area contributed by atoms with Crippen LogP contribution in [0.15, 0.2) is 77.7 Å². The van der Waals surface area contributed by atoms with Crippen molar-refractivity contribution in [1.82, 2.24) is 9.88 Å². The number of sulfonamides is 1. The fourth-order valence-corrected chi connectivity index (χ4v) is 8.38. The number of amides is 1. The summed E-state index contributed by atoms with van der Waals surface area (Å²) in [6.07, 6.45) is 0.873. The Hall–Kier alpha value is -3.28. The SMILES string of the molecule is CCN1CCc2c(sc(NC(=O)c3ccccc3NS(=O)(=O)c3ccc(Cl)cc3)c2-c2nc3ccccc3s2)C1. The summed E-state index contributed by atoms with van der Waals surface area (Å²) in [6.45, 7) is 4.87. The highest BCUT2D eigenvalue weighted by Crippen LogP contribution is 2.46. The molecule has 2 aromatic heterocycles. The highest BCUT2D eigenvalue weighted by atomic mass is 35.5. The van der Waals surface area contributed by atoms with E-state index in [0.717, 1.165) is 51.8 Å². The maximum Gasteiger partial charge on any atom is 0.261 e. The van der Waals surface area contributed by atoms with Gasteiger partial charge in [0.1, 0.15) is 10.0 Å². The first-order chi connectivity index (χ1) is 19.3. The van der Waals surface area contributed by atoms with Crippen LogP contribution in [0, 0.1) is 0 Å². The molecule has 2 N–H and O–H groups in total. The minimum Gasteiger partial charge on any atom is -0.313 e. The van der Waals surface area contributed by atoms with Gasteiger partial charge in [-0.15, -0.1) is 22.7 Å². The molecule has 1 amide bonds. The van der Waals surface area contributed by atoms with Crippen LogP contribution in [0.1, 0.15) is 27.7 Å².